The molecule has 2 heterocycles. The average molecular weight is 370 g/mol. The Morgan fingerprint density at radius 2 is 1.88 bits per heavy atom. The number of hydrogen-bond donors (Lipinski definition) is 1. The van der Waals surface area contributed by atoms with Gasteiger partial charge in [0.1, 0.15) is 23.7 Å². The minimum atomic E-state index is -4.69. The molecule has 0 amide bonds. The first-order valence-electron chi connectivity index (χ1n) is 7.73. The Balaban J connectivity index is 2.09. The normalized spacial score (nSPS) is 23.1. The number of esters is 1. The Kier molecular flexibility index (Phi) is 4.82. The largest absolute Gasteiger partial charge is 0.497 e. The van der Waals surface area contributed by atoms with Gasteiger partial charge in [-0.15, -0.1) is 0 Å². The summed E-state index contributed by atoms with van der Waals surface area (Å²) in [6.45, 7) is 0. The summed E-state index contributed by atoms with van der Waals surface area (Å²) >= 11 is 0. The number of alkyl halides is 3. The Morgan fingerprint density at radius 1 is 1.19 bits per heavy atom. The quantitative estimate of drug-likeness (QED) is 0.835. The molecule has 1 saturated heterocycles. The second-order valence-electron chi connectivity index (χ2n) is 5.68. The lowest BCUT2D eigenvalue weighted by Gasteiger charge is -2.32. The molecule has 0 saturated carbocycles. The van der Waals surface area contributed by atoms with Crippen LogP contribution in [0.5, 0.6) is 5.75 Å². The molecular formula is C17H17F3N2O4. The minimum absolute atomic E-state index is 0.251. The third-order valence-corrected chi connectivity index (χ3v) is 4.20. The van der Waals surface area contributed by atoms with Gasteiger partial charge < -0.3 is 18.8 Å². The molecule has 0 aliphatic carbocycles. The van der Waals surface area contributed by atoms with Gasteiger partial charge in [0, 0.05) is 5.69 Å². The maximum absolute atomic E-state index is 13.9. The topological polar surface area (TPSA) is 63.9 Å². The van der Waals surface area contributed by atoms with E-state index in [4.69, 9.17) is 9.15 Å². The Morgan fingerprint density at radius 3 is 2.38 bits per heavy atom. The second kappa shape index (κ2) is 6.91. The number of furan rings is 1. The van der Waals surface area contributed by atoms with E-state index in [-0.39, 0.29) is 11.4 Å². The standard InChI is InChI=1S/C17H17F3N2O4/c1-24-11-7-5-10(6-8-11)22-14(17(18,19)20)13(16(23)25-2)21-15(22)12-4-3-9-26-12/h3-9,13-15,21H,1-2H3/t13-,14-,15-/m1/s1. The minimum Gasteiger partial charge on any atom is -0.497 e. The summed E-state index contributed by atoms with van der Waals surface area (Å²) in [5, 5.41) is 2.68. The molecule has 1 N–H and O–H groups in total. The van der Waals surface area contributed by atoms with E-state index in [2.05, 4.69) is 10.1 Å². The smallest absolute Gasteiger partial charge is 0.410 e. The molecule has 3 atom stereocenters. The molecule has 140 valence electrons. The second-order valence-corrected chi connectivity index (χ2v) is 5.68. The monoisotopic (exact) mass is 370 g/mol. The highest BCUT2D eigenvalue weighted by molar-refractivity contribution is 5.79. The molecule has 26 heavy (non-hydrogen) atoms. The number of hydrogen-bond acceptors (Lipinski definition) is 6. The van der Waals surface area contributed by atoms with Gasteiger partial charge in [0.25, 0.3) is 0 Å². The number of nitrogens with one attached hydrogen (secondary N) is 1. The Hall–Kier alpha value is -2.68. The van der Waals surface area contributed by atoms with Gasteiger partial charge in [-0.2, -0.15) is 13.2 Å². The van der Waals surface area contributed by atoms with Gasteiger partial charge in [-0.1, -0.05) is 0 Å². The van der Waals surface area contributed by atoms with E-state index in [9.17, 15) is 18.0 Å². The van der Waals surface area contributed by atoms with E-state index in [0.717, 1.165) is 12.0 Å². The van der Waals surface area contributed by atoms with Gasteiger partial charge in [-0.3, -0.25) is 10.1 Å². The fourth-order valence-electron chi connectivity index (χ4n) is 3.06. The molecule has 9 heteroatoms. The van der Waals surface area contributed by atoms with Crippen LogP contribution in [-0.2, 0) is 9.53 Å². The number of carbonyl (C=O) groups excluding carboxylic acids is 1. The van der Waals surface area contributed by atoms with Gasteiger partial charge in [0.05, 0.1) is 20.5 Å². The predicted molar refractivity (Wildman–Crippen MR) is 85.7 cm³/mol. The van der Waals surface area contributed by atoms with Crippen molar-refractivity contribution in [1.29, 1.82) is 0 Å². The third-order valence-electron chi connectivity index (χ3n) is 4.20. The number of carbonyl (C=O) groups is 1. The number of halogens is 3. The highest BCUT2D eigenvalue weighted by Crippen LogP contribution is 2.42. The van der Waals surface area contributed by atoms with Gasteiger partial charge >= 0.3 is 12.1 Å². The molecule has 0 bridgehead atoms. The molecule has 0 spiro atoms. The third kappa shape index (κ3) is 3.22. The van der Waals surface area contributed by atoms with E-state index in [1.807, 2.05) is 0 Å². The summed E-state index contributed by atoms with van der Waals surface area (Å²) in [6, 6.07) is 5.47. The molecule has 1 fully saturated rings. The lowest BCUT2D eigenvalue weighted by atomic mass is 10.1. The first-order chi connectivity index (χ1) is 12.4. The molecular weight excluding hydrogens is 353 g/mol. The van der Waals surface area contributed by atoms with Gasteiger partial charge in [0.15, 0.2) is 6.04 Å². The lowest BCUT2D eigenvalue weighted by Crippen LogP contribution is -2.51. The first kappa shape index (κ1) is 18.1. The van der Waals surface area contributed by atoms with Crippen molar-refractivity contribution in [2.45, 2.75) is 24.4 Å². The number of benzene rings is 1. The van der Waals surface area contributed by atoms with Crippen LogP contribution in [0.2, 0.25) is 0 Å². The van der Waals surface area contributed by atoms with Crippen molar-refractivity contribution in [3.63, 3.8) is 0 Å². The van der Waals surface area contributed by atoms with Crippen LogP contribution in [0.3, 0.4) is 0 Å². The van der Waals surface area contributed by atoms with Crippen molar-refractivity contribution < 1.29 is 31.9 Å². The molecule has 0 unspecified atom stereocenters. The Bertz CT molecular complexity index is 746. The number of rotatable bonds is 4. The van der Waals surface area contributed by atoms with Crippen molar-refractivity contribution in [1.82, 2.24) is 5.32 Å². The zero-order valence-electron chi connectivity index (χ0n) is 14.0. The lowest BCUT2D eigenvalue weighted by molar-refractivity contribution is -0.164. The molecule has 3 rings (SSSR count). The van der Waals surface area contributed by atoms with E-state index in [1.165, 1.54) is 25.5 Å². The van der Waals surface area contributed by atoms with Crippen LogP contribution in [-0.4, -0.2) is 38.4 Å². The summed E-state index contributed by atoms with van der Waals surface area (Å²) in [6.07, 6.45) is -4.32. The zero-order chi connectivity index (χ0) is 18.9. The summed E-state index contributed by atoms with van der Waals surface area (Å²) in [4.78, 5) is 13.1. The van der Waals surface area contributed by atoms with Crippen LogP contribution in [0.1, 0.15) is 11.9 Å². The van der Waals surface area contributed by atoms with Crippen LogP contribution in [0, 0.1) is 0 Å². The predicted octanol–water partition coefficient (Wildman–Crippen LogP) is 2.87. The van der Waals surface area contributed by atoms with Crippen LogP contribution in [0.4, 0.5) is 18.9 Å². The molecule has 6 nitrogen and oxygen atoms in total. The molecule has 1 aromatic heterocycles. The molecule has 1 aliphatic rings. The Labute approximate surface area is 147 Å². The maximum Gasteiger partial charge on any atom is 0.410 e. The van der Waals surface area contributed by atoms with Crippen molar-refractivity contribution in [3.8, 4) is 5.75 Å². The van der Waals surface area contributed by atoms with E-state index < -0.39 is 30.4 Å². The first-order valence-corrected chi connectivity index (χ1v) is 7.73. The summed E-state index contributed by atoms with van der Waals surface area (Å²) in [5.41, 5.74) is 0.258. The van der Waals surface area contributed by atoms with Crippen molar-refractivity contribution in [2.24, 2.45) is 0 Å². The van der Waals surface area contributed by atoms with Gasteiger partial charge in [-0.05, 0) is 36.4 Å². The number of methoxy groups -OCH3 is 2. The molecule has 1 aliphatic heterocycles. The summed E-state index contributed by atoms with van der Waals surface area (Å²) in [7, 11) is 2.51. The van der Waals surface area contributed by atoms with E-state index in [0.29, 0.717) is 5.75 Å². The zero-order valence-corrected chi connectivity index (χ0v) is 14.0. The molecule has 0 radical (unpaired) electrons. The van der Waals surface area contributed by atoms with E-state index >= 15 is 0 Å². The van der Waals surface area contributed by atoms with Crippen LogP contribution in [0.25, 0.3) is 0 Å². The van der Waals surface area contributed by atoms with Crippen molar-refractivity contribution in [2.75, 3.05) is 19.1 Å². The molecule has 2 aromatic rings. The molecule has 1 aromatic carbocycles. The van der Waals surface area contributed by atoms with Gasteiger partial charge in [-0.25, -0.2) is 0 Å². The number of nitrogens with zero attached hydrogens (tertiary/aromatic N) is 1. The SMILES string of the molecule is COC(=O)[C@@H]1N[C@@H](c2ccco2)N(c2ccc(OC)cc2)[C@H]1C(F)(F)F. The number of ether oxygens (including phenoxy) is 2. The van der Waals surface area contributed by atoms with Crippen LogP contribution < -0.4 is 15.0 Å². The van der Waals surface area contributed by atoms with Crippen molar-refractivity contribution >= 4 is 11.7 Å². The summed E-state index contributed by atoms with van der Waals surface area (Å²) in [5.74, 6) is -0.245. The fourth-order valence-corrected chi connectivity index (χ4v) is 3.06. The van der Waals surface area contributed by atoms with E-state index in [1.54, 1.807) is 24.3 Å². The van der Waals surface area contributed by atoms with Crippen LogP contribution >= 0.6 is 0 Å². The van der Waals surface area contributed by atoms with Crippen LogP contribution in [0.15, 0.2) is 47.1 Å². The maximum atomic E-state index is 13.9. The summed E-state index contributed by atoms with van der Waals surface area (Å²) < 4.78 is 56.5. The highest BCUT2D eigenvalue weighted by Gasteiger charge is 2.59. The number of anilines is 1. The van der Waals surface area contributed by atoms with Gasteiger partial charge in [0.2, 0.25) is 0 Å². The van der Waals surface area contributed by atoms with Crippen molar-refractivity contribution in [3.05, 3.63) is 48.4 Å². The average Bonchev–Trinajstić information content (AvgIpc) is 3.27. The fraction of sp³-hybridized carbons (Fsp3) is 0.353. The highest BCUT2D eigenvalue weighted by atomic mass is 19.4.